The molecule has 0 bridgehead atoms. The summed E-state index contributed by atoms with van der Waals surface area (Å²) in [5, 5.41) is 2.99. The lowest BCUT2D eigenvalue weighted by molar-refractivity contribution is -0.161. The molecule has 3 heterocycles. The average molecular weight is 549 g/mol. The van der Waals surface area contributed by atoms with Crippen molar-refractivity contribution in [3.63, 3.8) is 0 Å². The number of rotatable bonds is 7. The van der Waals surface area contributed by atoms with Gasteiger partial charge in [-0.05, 0) is 51.0 Å². The smallest absolute Gasteiger partial charge is 0.352 e. The summed E-state index contributed by atoms with van der Waals surface area (Å²) < 4.78 is 17.2. The lowest BCUT2D eigenvalue weighted by Gasteiger charge is -2.41. The molecule has 1 unspecified atom stereocenters. The minimum atomic E-state index is -1.44. The number of hydrogen-bond acceptors (Lipinski definition) is 8. The van der Waals surface area contributed by atoms with Crippen LogP contribution in [0.15, 0.2) is 47.5 Å². The highest BCUT2D eigenvalue weighted by Crippen LogP contribution is 2.44. The molecular formula is C30H36N4O6. The van der Waals surface area contributed by atoms with E-state index in [0.717, 1.165) is 12.8 Å². The molecule has 212 valence electrons. The van der Waals surface area contributed by atoms with Crippen LogP contribution in [-0.4, -0.2) is 53.0 Å². The fourth-order valence-electron chi connectivity index (χ4n) is 5.87. The SMILES string of the molecule is CCOC(=O)C1(C)Oc2ccccc2[C@@H]1NC(=O)c1ccc2c(c1)[C@H](N1C(=O)CC(CC)(CC)N=C1N)CCO2. The number of amides is 2. The van der Waals surface area contributed by atoms with Gasteiger partial charge in [-0.1, -0.05) is 32.0 Å². The van der Waals surface area contributed by atoms with Crippen molar-refractivity contribution in [2.45, 2.75) is 76.6 Å². The minimum Gasteiger partial charge on any atom is -0.493 e. The second-order valence-corrected chi connectivity index (χ2v) is 10.6. The first-order chi connectivity index (χ1) is 19.2. The van der Waals surface area contributed by atoms with Crippen LogP contribution in [0.25, 0.3) is 0 Å². The van der Waals surface area contributed by atoms with Crippen molar-refractivity contribution in [1.82, 2.24) is 10.2 Å². The third kappa shape index (κ3) is 4.55. The molecule has 0 saturated heterocycles. The fraction of sp³-hybridized carbons (Fsp3) is 0.467. The molecule has 0 fully saturated rings. The summed E-state index contributed by atoms with van der Waals surface area (Å²) in [6, 6.07) is 11.1. The molecule has 0 radical (unpaired) electrons. The van der Waals surface area contributed by atoms with Crippen molar-refractivity contribution in [2.75, 3.05) is 13.2 Å². The van der Waals surface area contributed by atoms with E-state index in [1.54, 1.807) is 49.1 Å². The molecule has 3 aliphatic rings. The van der Waals surface area contributed by atoms with Gasteiger partial charge in [-0.3, -0.25) is 14.5 Å². The van der Waals surface area contributed by atoms with Gasteiger partial charge in [0.1, 0.15) is 17.5 Å². The number of fused-ring (bicyclic) bond motifs is 2. The number of carbonyl (C=O) groups excluding carboxylic acids is 3. The summed E-state index contributed by atoms with van der Waals surface area (Å²) >= 11 is 0. The zero-order chi connectivity index (χ0) is 28.7. The van der Waals surface area contributed by atoms with Crippen LogP contribution < -0.4 is 20.5 Å². The third-order valence-corrected chi connectivity index (χ3v) is 8.31. The van der Waals surface area contributed by atoms with E-state index in [1.165, 1.54) is 0 Å². The molecule has 0 spiro atoms. The van der Waals surface area contributed by atoms with Crippen LogP contribution in [-0.2, 0) is 14.3 Å². The van der Waals surface area contributed by atoms with E-state index in [1.807, 2.05) is 26.0 Å². The normalized spacial score (nSPS) is 24.6. The Labute approximate surface area is 233 Å². The lowest BCUT2D eigenvalue weighted by Crippen LogP contribution is -2.53. The first-order valence-electron chi connectivity index (χ1n) is 13.9. The van der Waals surface area contributed by atoms with E-state index in [9.17, 15) is 14.4 Å². The average Bonchev–Trinajstić information content (AvgIpc) is 3.24. The highest BCUT2D eigenvalue weighted by atomic mass is 16.6. The van der Waals surface area contributed by atoms with Gasteiger partial charge in [0.25, 0.3) is 5.91 Å². The standard InChI is InChI=1S/C30H36N4O6/c1-5-30(6-2)17-24(35)34(28(31)33-30)21-14-15-39-22-13-12-18(16-20(21)22)26(36)32-25-19-10-8-9-11-23(19)40-29(25,4)27(37)38-7-3/h8-13,16,21,25H,5-7,14-15,17H2,1-4H3,(H2,31,33)(H,32,36)/t21-,25+,29?/m1/s1. The molecule has 2 aromatic carbocycles. The second-order valence-electron chi connectivity index (χ2n) is 10.6. The molecular weight excluding hydrogens is 512 g/mol. The van der Waals surface area contributed by atoms with Crippen molar-refractivity contribution < 1.29 is 28.6 Å². The molecule has 5 rings (SSSR count). The Hall–Kier alpha value is -4.08. The number of aliphatic imine (C=N–C) groups is 1. The van der Waals surface area contributed by atoms with Crippen molar-refractivity contribution in [2.24, 2.45) is 10.7 Å². The van der Waals surface area contributed by atoms with Crippen LogP contribution in [0.4, 0.5) is 0 Å². The van der Waals surface area contributed by atoms with Gasteiger partial charge >= 0.3 is 5.97 Å². The van der Waals surface area contributed by atoms with Gasteiger partial charge in [-0.2, -0.15) is 0 Å². The maximum atomic E-state index is 13.7. The van der Waals surface area contributed by atoms with E-state index in [4.69, 9.17) is 24.9 Å². The monoisotopic (exact) mass is 548 g/mol. The van der Waals surface area contributed by atoms with Gasteiger partial charge in [0.05, 0.1) is 31.2 Å². The summed E-state index contributed by atoms with van der Waals surface area (Å²) in [7, 11) is 0. The zero-order valence-corrected chi connectivity index (χ0v) is 23.4. The largest absolute Gasteiger partial charge is 0.493 e. The molecule has 40 heavy (non-hydrogen) atoms. The zero-order valence-electron chi connectivity index (χ0n) is 23.4. The Kier molecular flexibility index (Phi) is 7.20. The van der Waals surface area contributed by atoms with Gasteiger partial charge in [0.2, 0.25) is 11.5 Å². The number of nitrogens with zero attached hydrogens (tertiary/aromatic N) is 2. The van der Waals surface area contributed by atoms with Gasteiger partial charge < -0.3 is 25.3 Å². The highest BCUT2D eigenvalue weighted by Gasteiger charge is 2.53. The Morgan fingerprint density at radius 3 is 2.58 bits per heavy atom. The molecule has 2 amide bonds. The van der Waals surface area contributed by atoms with Crippen LogP contribution in [0.3, 0.4) is 0 Å². The molecule has 10 nitrogen and oxygen atoms in total. The number of ether oxygens (including phenoxy) is 3. The van der Waals surface area contributed by atoms with Crippen molar-refractivity contribution in [3.05, 3.63) is 59.2 Å². The molecule has 0 aromatic heterocycles. The predicted octanol–water partition coefficient (Wildman–Crippen LogP) is 3.80. The van der Waals surface area contributed by atoms with E-state index in [0.29, 0.717) is 41.2 Å². The molecule has 0 aliphatic carbocycles. The van der Waals surface area contributed by atoms with E-state index in [2.05, 4.69) is 5.32 Å². The number of guanidine groups is 1. The summed E-state index contributed by atoms with van der Waals surface area (Å²) in [4.78, 5) is 46.3. The van der Waals surface area contributed by atoms with Gasteiger partial charge in [0, 0.05) is 23.1 Å². The predicted molar refractivity (Wildman–Crippen MR) is 148 cm³/mol. The molecule has 0 saturated carbocycles. The van der Waals surface area contributed by atoms with Crippen LogP contribution in [0.2, 0.25) is 0 Å². The summed E-state index contributed by atoms with van der Waals surface area (Å²) in [6.07, 6.45) is 2.23. The molecule has 10 heteroatoms. The number of benzene rings is 2. The number of esters is 1. The van der Waals surface area contributed by atoms with Crippen LogP contribution in [0.5, 0.6) is 11.5 Å². The Balaban J connectivity index is 1.46. The van der Waals surface area contributed by atoms with Crippen molar-refractivity contribution in [1.29, 1.82) is 0 Å². The van der Waals surface area contributed by atoms with Gasteiger partial charge in [0.15, 0.2) is 5.96 Å². The number of nitrogens with two attached hydrogens (primary N) is 1. The maximum Gasteiger partial charge on any atom is 0.352 e. The quantitative estimate of drug-likeness (QED) is 0.503. The lowest BCUT2D eigenvalue weighted by atomic mass is 9.87. The second kappa shape index (κ2) is 10.5. The highest BCUT2D eigenvalue weighted by molar-refractivity contribution is 6.00. The van der Waals surface area contributed by atoms with E-state index < -0.39 is 35.1 Å². The Morgan fingerprint density at radius 1 is 1.12 bits per heavy atom. The number of para-hydroxylation sites is 1. The Bertz CT molecular complexity index is 1370. The third-order valence-electron chi connectivity index (χ3n) is 8.31. The first kappa shape index (κ1) is 27.5. The molecule has 3 N–H and O–H groups in total. The minimum absolute atomic E-state index is 0.0891. The number of hydrogen-bond donors (Lipinski definition) is 2. The van der Waals surface area contributed by atoms with Crippen LogP contribution in [0, 0.1) is 0 Å². The van der Waals surface area contributed by atoms with Gasteiger partial charge in [-0.25, -0.2) is 9.79 Å². The van der Waals surface area contributed by atoms with Gasteiger partial charge in [-0.15, -0.1) is 0 Å². The van der Waals surface area contributed by atoms with Crippen LogP contribution in [0.1, 0.15) is 86.9 Å². The summed E-state index contributed by atoms with van der Waals surface area (Å²) in [6.45, 7) is 7.94. The fourth-order valence-corrected chi connectivity index (χ4v) is 5.87. The topological polar surface area (TPSA) is 133 Å². The first-order valence-corrected chi connectivity index (χ1v) is 13.9. The van der Waals surface area contributed by atoms with E-state index >= 15 is 0 Å². The summed E-state index contributed by atoms with van der Waals surface area (Å²) in [5.41, 5.74) is 6.18. The van der Waals surface area contributed by atoms with Crippen LogP contribution >= 0.6 is 0 Å². The molecule has 3 atom stereocenters. The maximum absolute atomic E-state index is 13.7. The van der Waals surface area contributed by atoms with Crippen molar-refractivity contribution >= 4 is 23.7 Å². The molecule has 3 aliphatic heterocycles. The number of carbonyl (C=O) groups is 3. The molecule has 2 aromatic rings. The van der Waals surface area contributed by atoms with E-state index in [-0.39, 0.29) is 24.9 Å². The number of nitrogens with one attached hydrogen (secondary N) is 1. The summed E-state index contributed by atoms with van der Waals surface area (Å²) in [5.74, 6) is 0.226. The Morgan fingerprint density at radius 2 is 1.88 bits per heavy atom. The van der Waals surface area contributed by atoms with Crippen molar-refractivity contribution in [3.8, 4) is 11.5 Å².